The van der Waals surface area contributed by atoms with Gasteiger partial charge in [0, 0.05) is 30.2 Å². The van der Waals surface area contributed by atoms with Gasteiger partial charge < -0.3 is 13.9 Å². The van der Waals surface area contributed by atoms with Crippen LogP contribution in [0, 0.1) is 6.92 Å². The summed E-state index contributed by atoms with van der Waals surface area (Å²) in [4.78, 5) is 37.9. The van der Waals surface area contributed by atoms with Crippen LogP contribution in [0.5, 0.6) is 0 Å². The van der Waals surface area contributed by atoms with Crippen LogP contribution in [-0.2, 0) is 13.0 Å². The van der Waals surface area contributed by atoms with E-state index in [1.807, 2.05) is 40.9 Å². The minimum Gasteiger partial charge on any atom is -0.472 e. The van der Waals surface area contributed by atoms with E-state index in [0.29, 0.717) is 35.1 Å². The highest BCUT2D eigenvalue weighted by atomic mass is 32.1. The smallest absolute Gasteiger partial charge is 0.266 e. The number of carbonyl (C=O) groups is 2. The van der Waals surface area contributed by atoms with Crippen LogP contribution in [0.2, 0.25) is 0 Å². The zero-order valence-electron chi connectivity index (χ0n) is 16.0. The van der Waals surface area contributed by atoms with Crippen molar-refractivity contribution in [1.82, 2.24) is 19.4 Å². The summed E-state index contributed by atoms with van der Waals surface area (Å²) in [5, 5.41) is 4.11. The Morgan fingerprint density at radius 2 is 2.03 bits per heavy atom. The van der Waals surface area contributed by atoms with Crippen molar-refractivity contribution in [2.24, 2.45) is 0 Å². The Kier molecular flexibility index (Phi) is 4.72. The average molecular weight is 440 g/mol. The monoisotopic (exact) mass is 439 g/mol. The molecule has 5 heterocycles. The Bertz CT molecular complexity index is 1210. The van der Waals surface area contributed by atoms with Gasteiger partial charge in [0.15, 0.2) is 10.3 Å². The Morgan fingerprint density at radius 1 is 1.20 bits per heavy atom. The van der Waals surface area contributed by atoms with Crippen LogP contribution in [0.3, 0.4) is 0 Å². The van der Waals surface area contributed by atoms with E-state index in [2.05, 4.69) is 15.3 Å². The van der Waals surface area contributed by atoms with E-state index in [1.165, 1.54) is 35.2 Å². The molecule has 30 heavy (non-hydrogen) atoms. The Morgan fingerprint density at radius 3 is 2.80 bits per heavy atom. The maximum absolute atomic E-state index is 13.1. The fraction of sp³-hybridized carbons (Fsp3) is 0.200. The molecule has 152 valence electrons. The van der Waals surface area contributed by atoms with Gasteiger partial charge in [0.05, 0.1) is 29.8 Å². The molecule has 2 amide bonds. The summed E-state index contributed by atoms with van der Waals surface area (Å²) < 4.78 is 6.85. The van der Waals surface area contributed by atoms with E-state index in [0.717, 1.165) is 21.4 Å². The van der Waals surface area contributed by atoms with E-state index in [4.69, 9.17) is 4.42 Å². The van der Waals surface area contributed by atoms with Crippen LogP contribution in [0.1, 0.15) is 36.3 Å². The molecule has 5 rings (SSSR count). The molecule has 0 aromatic carbocycles. The Hall–Kier alpha value is -3.24. The van der Waals surface area contributed by atoms with Crippen molar-refractivity contribution >= 4 is 39.6 Å². The number of anilines is 1. The summed E-state index contributed by atoms with van der Waals surface area (Å²) in [7, 11) is 0. The third-order valence-electron chi connectivity index (χ3n) is 4.83. The molecule has 0 aliphatic carbocycles. The van der Waals surface area contributed by atoms with Gasteiger partial charge in [-0.1, -0.05) is 22.7 Å². The van der Waals surface area contributed by atoms with Crippen LogP contribution in [0.4, 0.5) is 5.13 Å². The summed E-state index contributed by atoms with van der Waals surface area (Å²) >= 11 is 2.80. The molecule has 0 radical (unpaired) electrons. The summed E-state index contributed by atoms with van der Waals surface area (Å²) in [5.41, 5.74) is 2.11. The highest BCUT2D eigenvalue weighted by Crippen LogP contribution is 2.31. The lowest BCUT2D eigenvalue weighted by molar-refractivity contribution is 0.0740. The molecule has 4 aromatic heterocycles. The minimum absolute atomic E-state index is 0.0218. The first-order valence-corrected chi connectivity index (χ1v) is 10.9. The second kappa shape index (κ2) is 7.54. The van der Waals surface area contributed by atoms with E-state index < -0.39 is 0 Å². The summed E-state index contributed by atoms with van der Waals surface area (Å²) in [6.07, 6.45) is 7.32. The third-order valence-corrected chi connectivity index (χ3v) is 6.98. The number of nitrogens with zero attached hydrogens (tertiary/aromatic N) is 4. The maximum Gasteiger partial charge on any atom is 0.266 e. The first-order chi connectivity index (χ1) is 14.6. The number of hydrogen-bond donors (Lipinski definition) is 1. The predicted octanol–water partition coefficient (Wildman–Crippen LogP) is 3.74. The van der Waals surface area contributed by atoms with Crippen molar-refractivity contribution in [2.45, 2.75) is 19.9 Å². The molecule has 8 nitrogen and oxygen atoms in total. The normalized spacial score (nSPS) is 13.3. The van der Waals surface area contributed by atoms with Gasteiger partial charge in [-0.3, -0.25) is 14.9 Å². The van der Waals surface area contributed by atoms with Crippen molar-refractivity contribution in [3.63, 3.8) is 0 Å². The Labute approximate surface area is 179 Å². The van der Waals surface area contributed by atoms with Crippen molar-refractivity contribution in [3.8, 4) is 5.13 Å². The first-order valence-electron chi connectivity index (χ1n) is 9.30. The standard InChI is InChI=1S/C20H17N5O3S2/c1-12-16(30-20(21-12)24-6-2-3-7-24)18(27)25-8-4-14-15(10-25)29-19(22-14)23-17(26)13-5-9-28-11-13/h2-3,5-7,9,11H,4,8,10H2,1H3,(H,22,23,26). The van der Waals surface area contributed by atoms with Crippen LogP contribution >= 0.6 is 22.7 Å². The van der Waals surface area contributed by atoms with Gasteiger partial charge in [0.1, 0.15) is 11.1 Å². The van der Waals surface area contributed by atoms with Gasteiger partial charge in [0.25, 0.3) is 11.8 Å². The molecule has 1 aliphatic rings. The number of amides is 2. The molecule has 0 spiro atoms. The molecule has 0 bridgehead atoms. The lowest BCUT2D eigenvalue weighted by Gasteiger charge is -2.25. The molecule has 0 saturated carbocycles. The van der Waals surface area contributed by atoms with Crippen molar-refractivity contribution in [2.75, 3.05) is 11.9 Å². The second-order valence-electron chi connectivity index (χ2n) is 6.83. The highest BCUT2D eigenvalue weighted by molar-refractivity contribution is 7.16. The van der Waals surface area contributed by atoms with Crippen LogP contribution in [-0.4, -0.2) is 37.8 Å². The zero-order chi connectivity index (χ0) is 20.7. The van der Waals surface area contributed by atoms with Gasteiger partial charge in [-0.25, -0.2) is 9.97 Å². The van der Waals surface area contributed by atoms with Crippen LogP contribution < -0.4 is 5.32 Å². The molecule has 0 fully saturated rings. The van der Waals surface area contributed by atoms with E-state index >= 15 is 0 Å². The van der Waals surface area contributed by atoms with Crippen molar-refractivity contribution in [1.29, 1.82) is 0 Å². The highest BCUT2D eigenvalue weighted by Gasteiger charge is 2.28. The van der Waals surface area contributed by atoms with E-state index in [1.54, 1.807) is 6.07 Å². The number of fused-ring (bicyclic) bond motifs is 1. The van der Waals surface area contributed by atoms with Gasteiger partial charge >= 0.3 is 0 Å². The van der Waals surface area contributed by atoms with Crippen LogP contribution in [0.15, 0.2) is 47.5 Å². The summed E-state index contributed by atoms with van der Waals surface area (Å²) in [6.45, 7) is 2.92. The molecule has 1 aliphatic heterocycles. The number of aromatic nitrogens is 3. The zero-order valence-corrected chi connectivity index (χ0v) is 17.6. The number of carbonyl (C=O) groups excluding carboxylic acids is 2. The SMILES string of the molecule is Cc1nc(-n2cccc2)sc1C(=O)N1CCc2nc(NC(=O)c3ccoc3)sc2C1. The summed E-state index contributed by atoms with van der Waals surface area (Å²) in [6, 6.07) is 5.46. The topological polar surface area (TPSA) is 93.3 Å². The summed E-state index contributed by atoms with van der Waals surface area (Å²) in [5.74, 6) is -0.285. The fourth-order valence-electron chi connectivity index (χ4n) is 3.28. The quantitative estimate of drug-likeness (QED) is 0.523. The molecule has 1 N–H and O–H groups in total. The van der Waals surface area contributed by atoms with Gasteiger partial charge in [0.2, 0.25) is 0 Å². The lowest BCUT2D eigenvalue weighted by Crippen LogP contribution is -2.35. The third kappa shape index (κ3) is 3.44. The molecule has 0 atom stereocenters. The Balaban J connectivity index is 1.32. The number of furan rings is 1. The fourth-order valence-corrected chi connectivity index (χ4v) is 5.30. The van der Waals surface area contributed by atoms with Gasteiger partial charge in [-0.05, 0) is 25.1 Å². The number of thiazole rings is 2. The van der Waals surface area contributed by atoms with Gasteiger partial charge in [-0.15, -0.1) is 0 Å². The molecule has 0 saturated heterocycles. The molecular weight excluding hydrogens is 422 g/mol. The van der Waals surface area contributed by atoms with E-state index in [9.17, 15) is 9.59 Å². The van der Waals surface area contributed by atoms with Gasteiger partial charge in [-0.2, -0.15) is 0 Å². The average Bonchev–Trinajstić information content (AvgIpc) is 3.52. The van der Waals surface area contributed by atoms with Crippen molar-refractivity contribution < 1.29 is 14.0 Å². The molecule has 0 unspecified atom stereocenters. The predicted molar refractivity (Wildman–Crippen MR) is 113 cm³/mol. The maximum atomic E-state index is 13.1. The second-order valence-corrected chi connectivity index (χ2v) is 8.89. The molecule has 10 heteroatoms. The van der Waals surface area contributed by atoms with E-state index in [-0.39, 0.29) is 11.8 Å². The van der Waals surface area contributed by atoms with Crippen LogP contribution in [0.25, 0.3) is 5.13 Å². The van der Waals surface area contributed by atoms with Crippen molar-refractivity contribution in [3.05, 3.63) is 69.8 Å². The largest absolute Gasteiger partial charge is 0.472 e. The number of aryl methyl sites for hydroxylation is 1. The lowest BCUT2D eigenvalue weighted by atomic mass is 10.1. The number of rotatable bonds is 4. The minimum atomic E-state index is -0.263. The molecule has 4 aromatic rings. The first kappa shape index (κ1) is 18.8. The number of nitrogens with one attached hydrogen (secondary N) is 1. The number of hydrogen-bond acceptors (Lipinski definition) is 7. The molecular formula is C20H17N5O3S2.